The molecule has 0 saturated carbocycles. The lowest BCUT2D eigenvalue weighted by molar-refractivity contribution is -0.141. The predicted octanol–water partition coefficient (Wildman–Crippen LogP) is 4.44. The van der Waals surface area contributed by atoms with Crippen LogP contribution in [0.5, 0.6) is 11.5 Å². The number of halogens is 1. The molecular formula is C20H18ClNO5S. The topological polar surface area (TPSA) is 83.9 Å². The second kappa shape index (κ2) is 8.24. The number of rotatable bonds is 6. The molecule has 3 rings (SSSR count). The number of hydrogen-bond donors (Lipinski definition) is 1. The number of thioether (sulfide) groups is 1. The molecule has 6 nitrogen and oxygen atoms in total. The van der Waals surface area contributed by atoms with Gasteiger partial charge in [-0.25, -0.2) is 0 Å². The number of ether oxygens (including phenoxy) is 1. The number of benzene rings is 2. The molecule has 1 saturated heterocycles. The molecule has 2 amide bonds. The fourth-order valence-electron chi connectivity index (χ4n) is 2.92. The number of carboxylic acid groups (broad SMARTS) is 1. The summed E-state index contributed by atoms with van der Waals surface area (Å²) in [6.45, 7) is 3.22. The third kappa shape index (κ3) is 4.48. The van der Waals surface area contributed by atoms with Crippen LogP contribution in [0.3, 0.4) is 0 Å². The molecule has 28 heavy (non-hydrogen) atoms. The van der Waals surface area contributed by atoms with Crippen molar-refractivity contribution in [3.8, 4) is 11.5 Å². The van der Waals surface area contributed by atoms with Gasteiger partial charge in [0.25, 0.3) is 5.24 Å². The summed E-state index contributed by atoms with van der Waals surface area (Å²) in [5.74, 6) is -0.357. The third-order valence-corrected chi connectivity index (χ3v) is 5.96. The molecule has 8 heteroatoms. The SMILES string of the molecule is Cc1cc(Oc2ccc(CC3SC(=O)N(CC(=O)O)C3=O)cc2)cc(C)c1Cl. The molecule has 2 aromatic carbocycles. The number of carbonyl (C=O) groups is 3. The smallest absolute Gasteiger partial charge is 0.323 e. The van der Waals surface area contributed by atoms with E-state index in [-0.39, 0.29) is 0 Å². The van der Waals surface area contributed by atoms with Gasteiger partial charge in [-0.2, -0.15) is 0 Å². The quantitative estimate of drug-likeness (QED) is 0.745. The summed E-state index contributed by atoms with van der Waals surface area (Å²) < 4.78 is 5.86. The number of aliphatic carboxylic acids is 1. The zero-order chi connectivity index (χ0) is 20.4. The minimum absolute atomic E-state index is 0.338. The number of imide groups is 1. The maximum atomic E-state index is 12.2. The average Bonchev–Trinajstić information content (AvgIpc) is 2.88. The zero-order valence-electron chi connectivity index (χ0n) is 15.3. The van der Waals surface area contributed by atoms with Crippen LogP contribution in [0, 0.1) is 13.8 Å². The van der Waals surface area contributed by atoms with Gasteiger partial charge in [-0.1, -0.05) is 35.5 Å². The van der Waals surface area contributed by atoms with Crippen molar-refractivity contribution in [2.75, 3.05) is 6.54 Å². The summed E-state index contributed by atoms with van der Waals surface area (Å²) in [4.78, 5) is 35.6. The Hall–Kier alpha value is -2.51. The van der Waals surface area contributed by atoms with Crippen LogP contribution in [0.25, 0.3) is 0 Å². The first-order valence-electron chi connectivity index (χ1n) is 8.52. The fraction of sp³-hybridized carbons (Fsp3) is 0.250. The molecule has 0 bridgehead atoms. The van der Waals surface area contributed by atoms with Crippen molar-refractivity contribution in [3.05, 3.63) is 58.1 Å². The monoisotopic (exact) mass is 419 g/mol. The molecule has 146 valence electrons. The molecule has 1 fully saturated rings. The maximum Gasteiger partial charge on any atom is 0.323 e. The van der Waals surface area contributed by atoms with Crippen molar-refractivity contribution in [3.63, 3.8) is 0 Å². The highest BCUT2D eigenvalue weighted by molar-refractivity contribution is 8.15. The first kappa shape index (κ1) is 20.2. The van der Waals surface area contributed by atoms with Crippen LogP contribution >= 0.6 is 23.4 Å². The summed E-state index contributed by atoms with van der Waals surface area (Å²) in [5.41, 5.74) is 2.72. The Morgan fingerprint density at radius 2 is 1.75 bits per heavy atom. The molecule has 1 aliphatic heterocycles. The van der Waals surface area contributed by atoms with Gasteiger partial charge in [-0.05, 0) is 61.2 Å². The lowest BCUT2D eigenvalue weighted by Crippen LogP contribution is -2.36. The number of amides is 2. The minimum Gasteiger partial charge on any atom is -0.480 e. The number of carboxylic acids is 1. The second-order valence-electron chi connectivity index (χ2n) is 6.51. The highest BCUT2D eigenvalue weighted by atomic mass is 35.5. The Morgan fingerprint density at radius 3 is 2.32 bits per heavy atom. The van der Waals surface area contributed by atoms with Gasteiger partial charge < -0.3 is 9.84 Å². The zero-order valence-corrected chi connectivity index (χ0v) is 16.8. The van der Waals surface area contributed by atoms with Gasteiger partial charge in [0.15, 0.2) is 0 Å². The molecule has 0 aliphatic carbocycles. The molecule has 1 aliphatic rings. The lowest BCUT2D eigenvalue weighted by Gasteiger charge is -2.12. The van der Waals surface area contributed by atoms with Crippen LogP contribution in [-0.2, 0) is 16.0 Å². The summed E-state index contributed by atoms with van der Waals surface area (Å²) >= 11 is 7.03. The van der Waals surface area contributed by atoms with Gasteiger partial charge in [0.1, 0.15) is 18.0 Å². The Balaban J connectivity index is 1.66. The molecular weight excluding hydrogens is 402 g/mol. The summed E-state index contributed by atoms with van der Waals surface area (Å²) in [6.07, 6.45) is 0.338. The van der Waals surface area contributed by atoms with Crippen molar-refractivity contribution in [2.45, 2.75) is 25.5 Å². The molecule has 0 radical (unpaired) electrons. The Labute approximate surface area is 171 Å². The van der Waals surface area contributed by atoms with Crippen LogP contribution in [-0.4, -0.2) is 38.9 Å². The highest BCUT2D eigenvalue weighted by Crippen LogP contribution is 2.31. The minimum atomic E-state index is -1.21. The van der Waals surface area contributed by atoms with E-state index in [1.54, 1.807) is 12.1 Å². The lowest BCUT2D eigenvalue weighted by atomic mass is 10.1. The van der Waals surface area contributed by atoms with Gasteiger partial charge in [-0.3, -0.25) is 19.3 Å². The van der Waals surface area contributed by atoms with E-state index in [9.17, 15) is 14.4 Å². The largest absolute Gasteiger partial charge is 0.480 e. The molecule has 1 unspecified atom stereocenters. The fourth-order valence-corrected chi connectivity index (χ4v) is 4.05. The number of hydrogen-bond acceptors (Lipinski definition) is 5. The van der Waals surface area contributed by atoms with Gasteiger partial charge in [0.2, 0.25) is 5.91 Å². The summed E-state index contributed by atoms with van der Waals surface area (Å²) in [6, 6.07) is 10.9. The van der Waals surface area contributed by atoms with E-state index in [1.165, 1.54) is 0 Å². The number of carbonyl (C=O) groups excluding carboxylic acids is 2. The van der Waals surface area contributed by atoms with Crippen molar-refractivity contribution >= 4 is 40.5 Å². The van der Waals surface area contributed by atoms with E-state index >= 15 is 0 Å². The average molecular weight is 420 g/mol. The van der Waals surface area contributed by atoms with Crippen molar-refractivity contribution in [2.24, 2.45) is 0 Å². The second-order valence-corrected chi connectivity index (χ2v) is 8.04. The number of aryl methyl sites for hydroxylation is 2. The van der Waals surface area contributed by atoms with Crippen molar-refractivity contribution in [1.82, 2.24) is 4.90 Å². The number of nitrogens with zero attached hydrogens (tertiary/aromatic N) is 1. The molecule has 2 aromatic rings. The van der Waals surface area contributed by atoms with Gasteiger partial charge in [-0.15, -0.1) is 0 Å². The molecule has 0 aromatic heterocycles. The molecule has 1 N–H and O–H groups in total. The van der Waals surface area contributed by atoms with E-state index in [2.05, 4.69) is 0 Å². The van der Waals surface area contributed by atoms with Crippen molar-refractivity contribution in [1.29, 1.82) is 0 Å². The van der Waals surface area contributed by atoms with Crippen LogP contribution < -0.4 is 4.74 Å². The van der Waals surface area contributed by atoms with E-state index in [1.807, 2.05) is 38.1 Å². The molecule has 0 spiro atoms. The first-order chi connectivity index (χ1) is 13.2. The predicted molar refractivity (Wildman–Crippen MR) is 107 cm³/mol. The van der Waals surface area contributed by atoms with Gasteiger partial charge in [0.05, 0.1) is 5.25 Å². The van der Waals surface area contributed by atoms with Crippen LogP contribution in [0.1, 0.15) is 16.7 Å². The van der Waals surface area contributed by atoms with Crippen LogP contribution in [0.15, 0.2) is 36.4 Å². The van der Waals surface area contributed by atoms with E-state index in [4.69, 9.17) is 21.4 Å². The van der Waals surface area contributed by atoms with E-state index in [0.717, 1.165) is 33.4 Å². The molecule has 1 heterocycles. The summed E-state index contributed by atoms with van der Waals surface area (Å²) in [7, 11) is 0. The normalized spacial score (nSPS) is 16.5. The van der Waals surface area contributed by atoms with Crippen molar-refractivity contribution < 1.29 is 24.2 Å². The first-order valence-corrected chi connectivity index (χ1v) is 9.77. The highest BCUT2D eigenvalue weighted by Gasteiger charge is 2.40. The molecule has 1 atom stereocenters. The van der Waals surface area contributed by atoms with E-state index in [0.29, 0.717) is 22.9 Å². The standard InChI is InChI=1S/C20H18ClNO5S/c1-11-7-15(8-12(2)18(11)21)27-14-5-3-13(4-6-14)9-16-19(25)22(10-17(23)24)20(26)28-16/h3-8,16H,9-10H2,1-2H3,(H,23,24). The maximum absolute atomic E-state index is 12.2. The Kier molecular flexibility index (Phi) is 5.96. The van der Waals surface area contributed by atoms with Crippen LogP contribution in [0.2, 0.25) is 5.02 Å². The van der Waals surface area contributed by atoms with Gasteiger partial charge in [0, 0.05) is 5.02 Å². The van der Waals surface area contributed by atoms with Crippen LogP contribution in [0.4, 0.5) is 4.79 Å². The summed E-state index contributed by atoms with van der Waals surface area (Å²) in [5, 5.41) is 8.39. The third-order valence-electron chi connectivity index (χ3n) is 4.29. The van der Waals surface area contributed by atoms with E-state index < -0.39 is 28.9 Å². The Bertz CT molecular complexity index is 921. The van der Waals surface area contributed by atoms with Gasteiger partial charge >= 0.3 is 5.97 Å². The Morgan fingerprint density at radius 1 is 1.14 bits per heavy atom.